The van der Waals surface area contributed by atoms with E-state index in [1.54, 1.807) is 6.07 Å². The fourth-order valence-corrected chi connectivity index (χ4v) is 0.923. The number of nitriles is 1. The Morgan fingerprint density at radius 2 is 1.94 bits per heavy atom. The Labute approximate surface area is 103 Å². The van der Waals surface area contributed by atoms with Crippen LogP contribution in [0.25, 0.3) is 0 Å². The van der Waals surface area contributed by atoms with Crippen LogP contribution in [0.2, 0.25) is 0 Å². The van der Waals surface area contributed by atoms with Gasteiger partial charge in [-0.1, -0.05) is 0 Å². The molecule has 9 nitrogen and oxygen atoms in total. The number of hydrogen-bond acceptors (Lipinski definition) is 8. The molecule has 0 aromatic heterocycles. The number of hydrogen-bond donors (Lipinski definition) is 6. The van der Waals surface area contributed by atoms with E-state index in [0.29, 0.717) is 6.21 Å². The van der Waals surface area contributed by atoms with Gasteiger partial charge in [0.05, 0.1) is 18.9 Å². The number of carbonyl (C=O) groups is 1. The summed E-state index contributed by atoms with van der Waals surface area (Å²) in [5.74, 6) is -0.702. The Morgan fingerprint density at radius 1 is 1.33 bits per heavy atom. The topological polar surface area (TPSA) is 166 Å². The second-order valence-electron chi connectivity index (χ2n) is 3.37. The van der Waals surface area contributed by atoms with Gasteiger partial charge in [-0.2, -0.15) is 10.4 Å². The fraction of sp³-hybridized carbons (Fsp3) is 0.667. The van der Waals surface area contributed by atoms with Crippen molar-refractivity contribution in [1.29, 1.82) is 5.26 Å². The molecule has 0 radical (unpaired) electrons. The van der Waals surface area contributed by atoms with Crippen molar-refractivity contribution in [3.8, 4) is 6.07 Å². The number of nitrogens with one attached hydrogen (secondary N) is 1. The van der Waals surface area contributed by atoms with E-state index in [-0.39, 0.29) is 0 Å². The minimum atomic E-state index is -1.79. The number of aliphatic hydroxyl groups is 5. The summed E-state index contributed by atoms with van der Waals surface area (Å²) >= 11 is 0. The summed E-state index contributed by atoms with van der Waals surface area (Å²) in [6, 6.07) is 1.57. The van der Waals surface area contributed by atoms with Gasteiger partial charge in [0.25, 0.3) is 5.91 Å². The maximum atomic E-state index is 10.8. The zero-order chi connectivity index (χ0) is 14.1. The molecule has 0 saturated carbocycles. The summed E-state index contributed by atoms with van der Waals surface area (Å²) in [6.07, 6.45) is -6.54. The molecule has 4 atom stereocenters. The molecule has 0 aliphatic heterocycles. The summed E-state index contributed by atoms with van der Waals surface area (Å²) in [7, 11) is 0. The van der Waals surface area contributed by atoms with Crippen LogP contribution in [0.5, 0.6) is 0 Å². The van der Waals surface area contributed by atoms with Gasteiger partial charge in [0.2, 0.25) is 0 Å². The Morgan fingerprint density at radius 3 is 2.44 bits per heavy atom. The van der Waals surface area contributed by atoms with Crippen LogP contribution in [0.1, 0.15) is 6.42 Å². The van der Waals surface area contributed by atoms with Crippen molar-refractivity contribution in [2.24, 2.45) is 5.10 Å². The van der Waals surface area contributed by atoms with Crippen molar-refractivity contribution < 1.29 is 30.3 Å². The maximum Gasteiger partial charge on any atom is 0.254 e. The smallest absolute Gasteiger partial charge is 0.254 e. The molecule has 0 heterocycles. The molecular weight excluding hydrogens is 246 g/mol. The fourth-order valence-electron chi connectivity index (χ4n) is 0.923. The summed E-state index contributed by atoms with van der Waals surface area (Å²) < 4.78 is 0. The monoisotopic (exact) mass is 261 g/mol. The van der Waals surface area contributed by atoms with Crippen LogP contribution >= 0.6 is 0 Å². The highest BCUT2D eigenvalue weighted by Crippen LogP contribution is 2.03. The van der Waals surface area contributed by atoms with E-state index in [2.05, 4.69) is 5.10 Å². The Balaban J connectivity index is 4.23. The molecule has 0 unspecified atom stereocenters. The van der Waals surface area contributed by atoms with Crippen molar-refractivity contribution >= 4 is 12.1 Å². The van der Waals surface area contributed by atoms with Crippen molar-refractivity contribution in [3.05, 3.63) is 0 Å². The van der Waals surface area contributed by atoms with E-state index in [4.69, 9.17) is 15.5 Å². The number of aliphatic hydroxyl groups excluding tert-OH is 5. The predicted molar refractivity (Wildman–Crippen MR) is 58.0 cm³/mol. The summed E-state index contributed by atoms with van der Waals surface area (Å²) in [4.78, 5) is 10.8. The number of amides is 1. The highest BCUT2D eigenvalue weighted by atomic mass is 16.4. The SMILES string of the molecule is N#CCC(=O)N/N=C/[C@@H](O)[C@H](O)[C@H](O)[C@H](O)CO. The molecule has 0 aromatic rings. The van der Waals surface area contributed by atoms with Gasteiger partial charge < -0.3 is 25.5 Å². The van der Waals surface area contributed by atoms with Crippen LogP contribution in [0.4, 0.5) is 0 Å². The van der Waals surface area contributed by atoms with E-state index in [1.807, 2.05) is 5.43 Å². The van der Waals surface area contributed by atoms with Gasteiger partial charge in [-0.3, -0.25) is 4.79 Å². The molecule has 0 fully saturated rings. The van der Waals surface area contributed by atoms with Crippen LogP contribution < -0.4 is 5.43 Å². The maximum absolute atomic E-state index is 10.8. The second-order valence-corrected chi connectivity index (χ2v) is 3.37. The number of hydrazone groups is 1. The van der Waals surface area contributed by atoms with Crippen LogP contribution in [0, 0.1) is 11.3 Å². The molecular formula is C9H15N3O6. The van der Waals surface area contributed by atoms with Gasteiger partial charge in [0.15, 0.2) is 0 Å². The normalized spacial score (nSPS) is 17.8. The zero-order valence-corrected chi connectivity index (χ0v) is 9.34. The van der Waals surface area contributed by atoms with Gasteiger partial charge in [0, 0.05) is 0 Å². The van der Waals surface area contributed by atoms with Crippen molar-refractivity contribution in [1.82, 2.24) is 5.43 Å². The molecule has 0 aromatic carbocycles. The molecule has 6 N–H and O–H groups in total. The van der Waals surface area contributed by atoms with Gasteiger partial charge in [0.1, 0.15) is 30.8 Å². The van der Waals surface area contributed by atoms with Gasteiger partial charge in [-0.05, 0) is 0 Å². The number of nitrogens with zero attached hydrogens (tertiary/aromatic N) is 2. The summed E-state index contributed by atoms with van der Waals surface area (Å²) in [5, 5.41) is 56.8. The first-order valence-electron chi connectivity index (χ1n) is 4.96. The summed E-state index contributed by atoms with van der Waals surface area (Å²) in [5.41, 5.74) is 1.89. The molecule has 0 spiro atoms. The van der Waals surface area contributed by atoms with Gasteiger partial charge in [-0.25, -0.2) is 5.43 Å². The highest BCUT2D eigenvalue weighted by molar-refractivity contribution is 5.79. The second kappa shape index (κ2) is 8.51. The molecule has 0 bridgehead atoms. The quantitative estimate of drug-likeness (QED) is 0.203. The minimum absolute atomic E-state index is 0.415. The van der Waals surface area contributed by atoms with E-state index < -0.39 is 43.4 Å². The van der Waals surface area contributed by atoms with Gasteiger partial charge in [-0.15, -0.1) is 0 Å². The van der Waals surface area contributed by atoms with Crippen molar-refractivity contribution in [2.75, 3.05) is 6.61 Å². The zero-order valence-electron chi connectivity index (χ0n) is 9.34. The Bertz CT molecular complexity index is 329. The average molecular weight is 261 g/mol. The number of carbonyl (C=O) groups excluding carboxylic acids is 1. The first-order chi connectivity index (χ1) is 8.43. The van der Waals surface area contributed by atoms with Crippen molar-refractivity contribution in [2.45, 2.75) is 30.8 Å². The first-order valence-corrected chi connectivity index (χ1v) is 4.96. The molecule has 0 aliphatic carbocycles. The molecule has 18 heavy (non-hydrogen) atoms. The largest absolute Gasteiger partial charge is 0.394 e. The van der Waals surface area contributed by atoms with E-state index in [0.717, 1.165) is 0 Å². The van der Waals surface area contributed by atoms with E-state index in [1.165, 1.54) is 0 Å². The molecule has 9 heteroatoms. The van der Waals surface area contributed by atoms with Crippen molar-refractivity contribution in [3.63, 3.8) is 0 Å². The molecule has 0 rings (SSSR count). The molecule has 0 aliphatic rings. The molecule has 102 valence electrons. The predicted octanol–water partition coefficient (Wildman–Crippen LogP) is -3.56. The standard InChI is InChI=1S/C9H15N3O6/c10-2-1-7(16)12-11-3-5(14)8(17)9(18)6(15)4-13/h3,5-6,8-9,13-15,17-18H,1,4H2,(H,12,16)/b11-3+/t5-,6-,8+,9-/m1/s1. The third-order valence-electron chi connectivity index (χ3n) is 1.94. The lowest BCUT2D eigenvalue weighted by Crippen LogP contribution is -2.46. The lowest BCUT2D eigenvalue weighted by molar-refractivity contribution is -0.120. The molecule has 0 saturated heterocycles. The average Bonchev–Trinajstić information content (AvgIpc) is 2.36. The third kappa shape index (κ3) is 5.67. The molecule has 1 amide bonds. The van der Waals surface area contributed by atoms with E-state index in [9.17, 15) is 20.1 Å². The Kier molecular flexibility index (Phi) is 7.77. The minimum Gasteiger partial charge on any atom is -0.394 e. The van der Waals surface area contributed by atoms with Crippen LogP contribution in [-0.2, 0) is 4.79 Å². The van der Waals surface area contributed by atoms with Crippen LogP contribution in [-0.4, -0.2) is 68.7 Å². The van der Waals surface area contributed by atoms with Crippen LogP contribution in [0.15, 0.2) is 5.10 Å². The lowest BCUT2D eigenvalue weighted by Gasteiger charge is -2.23. The third-order valence-corrected chi connectivity index (χ3v) is 1.94. The van der Waals surface area contributed by atoms with E-state index >= 15 is 0 Å². The van der Waals surface area contributed by atoms with Gasteiger partial charge >= 0.3 is 0 Å². The number of rotatable bonds is 7. The summed E-state index contributed by atoms with van der Waals surface area (Å²) in [6.45, 7) is -0.791. The first kappa shape index (κ1) is 16.4. The lowest BCUT2D eigenvalue weighted by atomic mass is 10.0. The Hall–Kier alpha value is -1.57. The highest BCUT2D eigenvalue weighted by Gasteiger charge is 2.29. The van der Waals surface area contributed by atoms with Crippen LogP contribution in [0.3, 0.4) is 0 Å².